The molecule has 0 saturated heterocycles. The topological polar surface area (TPSA) is 15.3 Å². The number of nitrogens with zero attached hydrogens (tertiary/aromatic N) is 1. The molecule has 96 valence electrons. The van der Waals surface area contributed by atoms with Crippen LogP contribution in [-0.4, -0.2) is 43.6 Å². The van der Waals surface area contributed by atoms with Crippen LogP contribution >= 0.6 is 11.8 Å². The summed E-state index contributed by atoms with van der Waals surface area (Å²) in [7, 11) is 4.24. The van der Waals surface area contributed by atoms with Crippen LogP contribution in [0.3, 0.4) is 0 Å². The van der Waals surface area contributed by atoms with Crippen LogP contribution in [0.25, 0.3) is 0 Å². The fourth-order valence-electron chi connectivity index (χ4n) is 2.03. The van der Waals surface area contributed by atoms with Gasteiger partial charge in [0.15, 0.2) is 0 Å². The van der Waals surface area contributed by atoms with Crippen LogP contribution < -0.4 is 5.32 Å². The molecule has 0 aliphatic carbocycles. The average Bonchev–Trinajstić information content (AvgIpc) is 2.36. The lowest BCUT2D eigenvalue weighted by molar-refractivity contribution is 0.197. The molecular weight excluding hydrogens is 228 g/mol. The zero-order valence-corrected chi connectivity index (χ0v) is 12.1. The van der Waals surface area contributed by atoms with Crippen molar-refractivity contribution < 1.29 is 0 Å². The molecule has 3 heteroatoms. The largest absolute Gasteiger partial charge is 0.318 e. The molecule has 0 fully saturated rings. The van der Waals surface area contributed by atoms with Crippen molar-refractivity contribution in [2.75, 3.05) is 32.6 Å². The molecule has 0 amide bonds. The number of hydrogen-bond donors (Lipinski definition) is 1. The molecule has 1 aromatic carbocycles. The van der Waals surface area contributed by atoms with E-state index in [0.717, 1.165) is 6.54 Å². The first-order valence-corrected chi connectivity index (χ1v) is 7.50. The summed E-state index contributed by atoms with van der Waals surface area (Å²) in [5.74, 6) is 1.17. The third-order valence-corrected chi connectivity index (χ3v) is 3.99. The van der Waals surface area contributed by atoms with Gasteiger partial charge in [0.05, 0.1) is 0 Å². The highest BCUT2D eigenvalue weighted by Crippen LogP contribution is 2.21. The molecule has 2 unspecified atom stereocenters. The molecule has 2 atom stereocenters. The zero-order chi connectivity index (χ0) is 12.7. The van der Waals surface area contributed by atoms with E-state index in [9.17, 15) is 0 Å². The van der Waals surface area contributed by atoms with E-state index in [0.29, 0.717) is 12.1 Å². The van der Waals surface area contributed by atoms with Gasteiger partial charge in [0.1, 0.15) is 0 Å². The molecule has 0 aromatic heterocycles. The summed E-state index contributed by atoms with van der Waals surface area (Å²) in [6.07, 6.45) is 2.17. The van der Waals surface area contributed by atoms with Crippen molar-refractivity contribution in [3.63, 3.8) is 0 Å². The molecule has 0 saturated carbocycles. The van der Waals surface area contributed by atoms with Crippen molar-refractivity contribution in [1.29, 1.82) is 0 Å². The minimum Gasteiger partial charge on any atom is -0.318 e. The highest BCUT2D eigenvalue weighted by atomic mass is 32.2. The van der Waals surface area contributed by atoms with Crippen molar-refractivity contribution in [2.45, 2.75) is 19.0 Å². The van der Waals surface area contributed by atoms with Gasteiger partial charge in [0.25, 0.3) is 0 Å². The number of hydrogen-bond acceptors (Lipinski definition) is 3. The van der Waals surface area contributed by atoms with Gasteiger partial charge >= 0.3 is 0 Å². The van der Waals surface area contributed by atoms with Crippen molar-refractivity contribution >= 4 is 11.8 Å². The molecule has 1 rings (SSSR count). The fraction of sp³-hybridized carbons (Fsp3) is 0.571. The van der Waals surface area contributed by atoms with Gasteiger partial charge in [-0.15, -0.1) is 0 Å². The Labute approximate surface area is 110 Å². The van der Waals surface area contributed by atoms with Crippen LogP contribution in [0.4, 0.5) is 0 Å². The summed E-state index contributed by atoms with van der Waals surface area (Å²) in [6.45, 7) is 3.28. The number of benzene rings is 1. The van der Waals surface area contributed by atoms with Crippen molar-refractivity contribution in [3.8, 4) is 0 Å². The van der Waals surface area contributed by atoms with Gasteiger partial charge in [0, 0.05) is 24.4 Å². The Morgan fingerprint density at radius 1 is 1.29 bits per heavy atom. The highest BCUT2D eigenvalue weighted by molar-refractivity contribution is 7.98. The number of likely N-dealkylation sites (N-methyl/N-ethyl adjacent to an activating group) is 2. The van der Waals surface area contributed by atoms with E-state index in [2.05, 4.69) is 60.8 Å². The Hall–Kier alpha value is -0.510. The quantitative estimate of drug-likeness (QED) is 0.803. The lowest BCUT2D eigenvalue weighted by Crippen LogP contribution is -2.39. The van der Waals surface area contributed by atoms with E-state index in [1.807, 2.05) is 18.8 Å². The van der Waals surface area contributed by atoms with Gasteiger partial charge in [-0.25, -0.2) is 0 Å². The molecule has 0 aliphatic heterocycles. The van der Waals surface area contributed by atoms with E-state index in [1.165, 1.54) is 11.3 Å². The fourth-order valence-corrected chi connectivity index (χ4v) is 2.75. The van der Waals surface area contributed by atoms with Gasteiger partial charge in [-0.3, -0.25) is 4.90 Å². The number of rotatable bonds is 7. The van der Waals surface area contributed by atoms with Gasteiger partial charge < -0.3 is 5.32 Å². The van der Waals surface area contributed by atoms with Crippen LogP contribution in [0.2, 0.25) is 0 Å². The Morgan fingerprint density at radius 3 is 2.47 bits per heavy atom. The van der Waals surface area contributed by atoms with Crippen molar-refractivity contribution in [1.82, 2.24) is 10.2 Å². The molecule has 2 nitrogen and oxygen atoms in total. The van der Waals surface area contributed by atoms with Crippen LogP contribution in [0, 0.1) is 0 Å². The maximum Gasteiger partial charge on any atom is 0.0472 e. The normalized spacial score (nSPS) is 14.9. The molecule has 0 aliphatic rings. The van der Waals surface area contributed by atoms with Crippen LogP contribution in [0.5, 0.6) is 0 Å². The Morgan fingerprint density at radius 2 is 1.94 bits per heavy atom. The van der Waals surface area contributed by atoms with Gasteiger partial charge in [-0.05, 0) is 32.8 Å². The highest BCUT2D eigenvalue weighted by Gasteiger charge is 2.20. The molecule has 17 heavy (non-hydrogen) atoms. The van der Waals surface area contributed by atoms with Gasteiger partial charge in [-0.1, -0.05) is 30.3 Å². The van der Waals surface area contributed by atoms with Gasteiger partial charge in [-0.2, -0.15) is 11.8 Å². The minimum absolute atomic E-state index is 0.448. The molecule has 0 spiro atoms. The Balaban J connectivity index is 2.78. The average molecular weight is 252 g/mol. The molecule has 0 bridgehead atoms. The van der Waals surface area contributed by atoms with Gasteiger partial charge in [0.2, 0.25) is 0 Å². The van der Waals surface area contributed by atoms with E-state index in [1.54, 1.807) is 0 Å². The maximum absolute atomic E-state index is 3.30. The van der Waals surface area contributed by atoms with Crippen LogP contribution in [0.1, 0.15) is 18.5 Å². The summed E-state index contributed by atoms with van der Waals surface area (Å²) in [6, 6.07) is 11.8. The standard InChI is InChI=1S/C14H24N2S/c1-12(11-17-4)16(3)14(10-15-2)13-8-6-5-7-9-13/h5-9,12,14-15H,10-11H2,1-4H3. The van der Waals surface area contributed by atoms with E-state index in [-0.39, 0.29) is 0 Å². The third kappa shape index (κ3) is 4.34. The summed E-state index contributed by atoms with van der Waals surface area (Å²) in [5, 5.41) is 3.30. The first-order chi connectivity index (χ1) is 8.20. The number of nitrogens with one attached hydrogen (secondary N) is 1. The summed E-state index contributed by atoms with van der Waals surface area (Å²) in [5.41, 5.74) is 1.39. The molecule has 1 N–H and O–H groups in total. The van der Waals surface area contributed by atoms with E-state index in [4.69, 9.17) is 0 Å². The van der Waals surface area contributed by atoms with Crippen molar-refractivity contribution in [3.05, 3.63) is 35.9 Å². The predicted octanol–water partition coefficient (Wildman–Crippen LogP) is 2.63. The second-order valence-electron chi connectivity index (χ2n) is 4.45. The smallest absolute Gasteiger partial charge is 0.0472 e. The molecule has 1 aromatic rings. The van der Waals surface area contributed by atoms with Crippen LogP contribution in [0.15, 0.2) is 30.3 Å². The second-order valence-corrected chi connectivity index (χ2v) is 5.36. The molecular formula is C14H24N2S. The third-order valence-electron chi connectivity index (χ3n) is 3.18. The van der Waals surface area contributed by atoms with Crippen molar-refractivity contribution in [2.24, 2.45) is 0 Å². The molecule has 0 radical (unpaired) electrons. The van der Waals surface area contributed by atoms with E-state index < -0.39 is 0 Å². The first-order valence-electron chi connectivity index (χ1n) is 6.11. The summed E-state index contributed by atoms with van der Waals surface area (Å²) < 4.78 is 0. The Bertz CT molecular complexity index is 302. The SMILES string of the molecule is CNCC(c1ccccc1)N(C)C(C)CSC. The molecule has 0 heterocycles. The first kappa shape index (κ1) is 14.6. The Kier molecular flexibility index (Phi) is 6.63. The summed E-state index contributed by atoms with van der Waals surface area (Å²) in [4.78, 5) is 2.46. The van der Waals surface area contributed by atoms with E-state index >= 15 is 0 Å². The number of thioether (sulfide) groups is 1. The second kappa shape index (κ2) is 7.75. The summed E-state index contributed by atoms with van der Waals surface area (Å²) >= 11 is 1.91. The monoisotopic (exact) mass is 252 g/mol. The predicted molar refractivity (Wildman–Crippen MR) is 78.7 cm³/mol. The zero-order valence-electron chi connectivity index (χ0n) is 11.3. The minimum atomic E-state index is 0.448. The lowest BCUT2D eigenvalue weighted by Gasteiger charge is -2.33. The van der Waals surface area contributed by atoms with Crippen LogP contribution in [-0.2, 0) is 0 Å². The maximum atomic E-state index is 3.30. The lowest BCUT2D eigenvalue weighted by atomic mass is 10.0.